The Morgan fingerprint density at radius 1 is 1.53 bits per heavy atom. The van der Waals surface area contributed by atoms with Gasteiger partial charge in [0, 0.05) is 18.0 Å². The molecule has 0 aliphatic rings. The molecule has 1 unspecified atom stereocenters. The van der Waals surface area contributed by atoms with E-state index in [0.29, 0.717) is 18.0 Å². The zero-order valence-electron chi connectivity index (χ0n) is 10.4. The number of aromatic carboxylic acids is 1. The van der Waals surface area contributed by atoms with E-state index in [-0.39, 0.29) is 12.0 Å². The number of rotatable bonds is 6. The molecule has 0 aromatic carbocycles. The van der Waals surface area contributed by atoms with Crippen LogP contribution in [0.1, 0.15) is 34.0 Å². The molecule has 3 N–H and O–H groups in total. The molecule has 1 aromatic heterocycles. The molecule has 4 nitrogen and oxygen atoms in total. The van der Waals surface area contributed by atoms with Crippen LogP contribution in [0.25, 0.3) is 0 Å². The van der Waals surface area contributed by atoms with E-state index in [4.69, 9.17) is 5.11 Å². The Morgan fingerprint density at radius 2 is 2.18 bits per heavy atom. The second-order valence-corrected chi connectivity index (χ2v) is 5.70. The van der Waals surface area contributed by atoms with Gasteiger partial charge in [0.2, 0.25) is 0 Å². The van der Waals surface area contributed by atoms with Crippen LogP contribution in [0.2, 0.25) is 0 Å². The van der Waals surface area contributed by atoms with E-state index in [1.54, 1.807) is 6.07 Å². The van der Waals surface area contributed by atoms with E-state index >= 15 is 0 Å². The summed E-state index contributed by atoms with van der Waals surface area (Å²) in [4.78, 5) is 12.2. The van der Waals surface area contributed by atoms with Crippen LogP contribution >= 0.6 is 11.3 Å². The second kappa shape index (κ2) is 6.14. The lowest BCUT2D eigenvalue weighted by molar-refractivity contribution is 0.0702. The normalized spacial score (nSPS) is 13.0. The fourth-order valence-electron chi connectivity index (χ4n) is 1.39. The molecular weight excluding hydrogens is 238 g/mol. The zero-order valence-corrected chi connectivity index (χ0v) is 11.2. The first-order chi connectivity index (χ1) is 7.91. The average molecular weight is 257 g/mol. The van der Waals surface area contributed by atoms with Gasteiger partial charge in [-0.15, -0.1) is 11.3 Å². The van der Waals surface area contributed by atoms with Crippen molar-refractivity contribution in [2.24, 2.45) is 5.92 Å². The van der Waals surface area contributed by atoms with Crippen molar-refractivity contribution >= 4 is 17.3 Å². The molecule has 1 aromatic rings. The molecule has 5 heteroatoms. The molecule has 0 spiro atoms. The highest BCUT2D eigenvalue weighted by Crippen LogP contribution is 2.21. The number of hydrogen-bond donors (Lipinski definition) is 3. The predicted molar refractivity (Wildman–Crippen MR) is 68.6 cm³/mol. The maximum atomic E-state index is 10.8. The van der Waals surface area contributed by atoms with E-state index in [2.05, 4.69) is 5.32 Å². The lowest BCUT2D eigenvalue weighted by Gasteiger charge is -2.14. The van der Waals surface area contributed by atoms with Crippen molar-refractivity contribution in [1.82, 2.24) is 5.32 Å². The quantitative estimate of drug-likeness (QED) is 0.727. The highest BCUT2D eigenvalue weighted by molar-refractivity contribution is 7.14. The standard InChI is InChI=1S/C12H19NO3S/c1-7(2)10(14)6-13-5-9-4-11(12(15)16)17-8(9)3/h4,7,10,13-14H,5-6H2,1-3H3,(H,15,16). The molecule has 0 fully saturated rings. The van der Waals surface area contributed by atoms with Crippen LogP contribution in [-0.4, -0.2) is 28.8 Å². The van der Waals surface area contributed by atoms with Gasteiger partial charge in [-0.1, -0.05) is 13.8 Å². The Morgan fingerprint density at radius 3 is 2.65 bits per heavy atom. The molecular formula is C12H19NO3S. The minimum atomic E-state index is -0.883. The van der Waals surface area contributed by atoms with E-state index < -0.39 is 5.97 Å². The third-order valence-corrected chi connectivity index (χ3v) is 3.75. The van der Waals surface area contributed by atoms with Crippen molar-refractivity contribution in [2.45, 2.75) is 33.4 Å². The summed E-state index contributed by atoms with van der Waals surface area (Å²) in [5.74, 6) is -0.660. The lowest BCUT2D eigenvalue weighted by atomic mass is 10.1. The number of carboxylic acids is 1. The van der Waals surface area contributed by atoms with Crippen LogP contribution in [0.5, 0.6) is 0 Å². The van der Waals surface area contributed by atoms with Crippen molar-refractivity contribution in [3.8, 4) is 0 Å². The first-order valence-corrected chi connectivity index (χ1v) is 6.44. The summed E-state index contributed by atoms with van der Waals surface area (Å²) < 4.78 is 0. The summed E-state index contributed by atoms with van der Waals surface area (Å²) in [6.45, 7) is 6.96. The van der Waals surface area contributed by atoms with Gasteiger partial charge in [-0.2, -0.15) is 0 Å². The average Bonchev–Trinajstić information content (AvgIpc) is 2.60. The number of aryl methyl sites for hydroxylation is 1. The number of aliphatic hydroxyl groups is 1. The molecule has 17 heavy (non-hydrogen) atoms. The lowest BCUT2D eigenvalue weighted by Crippen LogP contribution is -2.30. The van der Waals surface area contributed by atoms with Gasteiger partial charge in [-0.05, 0) is 24.5 Å². The zero-order chi connectivity index (χ0) is 13.0. The van der Waals surface area contributed by atoms with Crippen LogP contribution in [0.15, 0.2) is 6.07 Å². The number of aliphatic hydroxyl groups excluding tert-OH is 1. The summed E-state index contributed by atoms with van der Waals surface area (Å²) in [5, 5.41) is 21.6. The van der Waals surface area contributed by atoms with Crippen molar-refractivity contribution in [3.05, 3.63) is 21.4 Å². The molecule has 1 heterocycles. The van der Waals surface area contributed by atoms with Crippen LogP contribution < -0.4 is 5.32 Å². The largest absolute Gasteiger partial charge is 0.477 e. The third kappa shape index (κ3) is 4.11. The van der Waals surface area contributed by atoms with E-state index in [9.17, 15) is 9.90 Å². The molecule has 0 saturated heterocycles. The first kappa shape index (κ1) is 14.2. The summed E-state index contributed by atoms with van der Waals surface area (Å²) in [6.07, 6.45) is -0.368. The molecule has 0 radical (unpaired) electrons. The van der Waals surface area contributed by atoms with Crippen LogP contribution in [-0.2, 0) is 6.54 Å². The number of thiophene rings is 1. The Labute approximate surface area is 105 Å². The van der Waals surface area contributed by atoms with Gasteiger partial charge in [0.05, 0.1) is 6.10 Å². The number of carboxylic acid groups (broad SMARTS) is 1. The fourth-order valence-corrected chi connectivity index (χ4v) is 2.27. The Kier molecular flexibility index (Phi) is 5.11. The molecule has 0 aliphatic heterocycles. The van der Waals surface area contributed by atoms with Gasteiger partial charge in [0.1, 0.15) is 4.88 Å². The van der Waals surface area contributed by atoms with Crippen molar-refractivity contribution < 1.29 is 15.0 Å². The van der Waals surface area contributed by atoms with Crippen LogP contribution in [0, 0.1) is 12.8 Å². The molecule has 96 valence electrons. The maximum absolute atomic E-state index is 10.8. The van der Waals surface area contributed by atoms with Crippen molar-refractivity contribution in [3.63, 3.8) is 0 Å². The summed E-state index contributed by atoms with van der Waals surface area (Å²) in [6, 6.07) is 1.69. The Bertz CT molecular complexity index is 387. The monoisotopic (exact) mass is 257 g/mol. The summed E-state index contributed by atoms with van der Waals surface area (Å²) >= 11 is 1.29. The van der Waals surface area contributed by atoms with Crippen LogP contribution in [0.4, 0.5) is 0 Å². The third-order valence-electron chi connectivity index (χ3n) is 2.67. The van der Waals surface area contributed by atoms with Crippen molar-refractivity contribution in [1.29, 1.82) is 0 Å². The fraction of sp³-hybridized carbons (Fsp3) is 0.583. The molecule has 1 atom stereocenters. The highest BCUT2D eigenvalue weighted by atomic mass is 32.1. The molecule has 1 rings (SSSR count). The smallest absolute Gasteiger partial charge is 0.345 e. The summed E-state index contributed by atoms with van der Waals surface area (Å²) in [5.41, 5.74) is 0.989. The predicted octanol–water partition coefficient (Wildman–Crippen LogP) is 1.86. The Balaban J connectivity index is 2.49. The van der Waals surface area contributed by atoms with Gasteiger partial charge in [0.15, 0.2) is 0 Å². The molecule has 0 bridgehead atoms. The second-order valence-electron chi connectivity index (χ2n) is 4.44. The van der Waals surface area contributed by atoms with E-state index in [1.807, 2.05) is 20.8 Å². The van der Waals surface area contributed by atoms with E-state index in [0.717, 1.165) is 10.4 Å². The van der Waals surface area contributed by atoms with Gasteiger partial charge in [-0.3, -0.25) is 0 Å². The highest BCUT2D eigenvalue weighted by Gasteiger charge is 2.12. The molecule has 0 amide bonds. The van der Waals surface area contributed by atoms with Gasteiger partial charge in [-0.25, -0.2) is 4.79 Å². The maximum Gasteiger partial charge on any atom is 0.345 e. The molecule has 0 aliphatic carbocycles. The minimum Gasteiger partial charge on any atom is -0.477 e. The van der Waals surface area contributed by atoms with E-state index in [1.165, 1.54) is 11.3 Å². The molecule has 0 saturated carbocycles. The van der Waals surface area contributed by atoms with Gasteiger partial charge >= 0.3 is 5.97 Å². The number of hydrogen-bond acceptors (Lipinski definition) is 4. The van der Waals surface area contributed by atoms with Gasteiger partial charge < -0.3 is 15.5 Å². The van der Waals surface area contributed by atoms with Gasteiger partial charge in [0.25, 0.3) is 0 Å². The minimum absolute atomic E-state index is 0.223. The number of carbonyl (C=O) groups is 1. The number of nitrogens with one attached hydrogen (secondary N) is 1. The first-order valence-electron chi connectivity index (χ1n) is 5.63. The SMILES string of the molecule is Cc1sc(C(=O)O)cc1CNCC(O)C(C)C. The topological polar surface area (TPSA) is 69.6 Å². The van der Waals surface area contributed by atoms with Crippen LogP contribution in [0.3, 0.4) is 0 Å². The Hall–Kier alpha value is -0.910. The summed E-state index contributed by atoms with van der Waals surface area (Å²) in [7, 11) is 0. The van der Waals surface area contributed by atoms with Crippen molar-refractivity contribution in [2.75, 3.05) is 6.54 Å².